The number of anilines is 2. The van der Waals surface area contributed by atoms with Gasteiger partial charge in [-0.15, -0.1) is 0 Å². The van der Waals surface area contributed by atoms with Crippen molar-refractivity contribution in [2.45, 2.75) is 51.2 Å². The van der Waals surface area contributed by atoms with E-state index < -0.39 is 0 Å². The molecule has 0 saturated heterocycles. The SMILES string of the molecule is Cn1c(Nc2cc(C(C)(C)C)n([C@@H]3CC[C@@H]3O)n2)nc2ncc(Oc3cnn4ccncc34)c(Cl)c21. The number of halogens is 1. The molecule has 186 valence electrons. The highest BCUT2D eigenvalue weighted by Gasteiger charge is 2.35. The molecular formula is C24H26ClN9O2. The molecule has 36 heavy (non-hydrogen) atoms. The monoisotopic (exact) mass is 507 g/mol. The number of aryl methyl sites for hydroxylation is 1. The third-order valence-corrected chi connectivity index (χ3v) is 6.94. The summed E-state index contributed by atoms with van der Waals surface area (Å²) in [7, 11) is 1.85. The predicted molar refractivity (Wildman–Crippen MR) is 135 cm³/mol. The van der Waals surface area contributed by atoms with E-state index in [1.165, 1.54) is 0 Å². The Morgan fingerprint density at radius 1 is 1.17 bits per heavy atom. The van der Waals surface area contributed by atoms with Crippen molar-refractivity contribution in [3.05, 3.63) is 47.8 Å². The summed E-state index contributed by atoms with van der Waals surface area (Å²) in [5.41, 5.74) is 2.71. The lowest BCUT2D eigenvalue weighted by Gasteiger charge is -2.35. The molecule has 1 aliphatic rings. The number of nitrogens with zero attached hydrogens (tertiary/aromatic N) is 8. The molecule has 11 nitrogen and oxygen atoms in total. The lowest BCUT2D eigenvalue weighted by molar-refractivity contribution is 0.0227. The highest BCUT2D eigenvalue weighted by molar-refractivity contribution is 6.36. The lowest BCUT2D eigenvalue weighted by Crippen LogP contribution is -2.37. The van der Waals surface area contributed by atoms with Gasteiger partial charge in [-0.1, -0.05) is 32.4 Å². The van der Waals surface area contributed by atoms with Crippen LogP contribution in [-0.4, -0.2) is 50.1 Å². The second-order valence-electron chi connectivity index (χ2n) is 10.1. The molecule has 0 aromatic carbocycles. The van der Waals surface area contributed by atoms with Gasteiger partial charge in [0.2, 0.25) is 5.95 Å². The van der Waals surface area contributed by atoms with Crippen molar-refractivity contribution in [3.63, 3.8) is 0 Å². The van der Waals surface area contributed by atoms with Crippen LogP contribution in [0.2, 0.25) is 5.02 Å². The summed E-state index contributed by atoms with van der Waals surface area (Å²) in [6.07, 6.45) is 9.53. The van der Waals surface area contributed by atoms with E-state index in [0.29, 0.717) is 45.0 Å². The molecule has 0 spiro atoms. The summed E-state index contributed by atoms with van der Waals surface area (Å²) >= 11 is 6.76. The van der Waals surface area contributed by atoms with Gasteiger partial charge in [-0.2, -0.15) is 15.2 Å². The zero-order valence-electron chi connectivity index (χ0n) is 20.3. The zero-order valence-corrected chi connectivity index (χ0v) is 21.1. The highest BCUT2D eigenvalue weighted by atomic mass is 35.5. The van der Waals surface area contributed by atoms with E-state index in [0.717, 1.165) is 18.5 Å². The first-order chi connectivity index (χ1) is 17.2. The molecule has 12 heteroatoms. The Morgan fingerprint density at radius 2 is 2.00 bits per heavy atom. The molecule has 1 fully saturated rings. The molecule has 0 radical (unpaired) electrons. The quantitative estimate of drug-likeness (QED) is 0.359. The second-order valence-corrected chi connectivity index (χ2v) is 10.4. The largest absolute Gasteiger partial charge is 0.450 e. The third kappa shape index (κ3) is 3.66. The van der Waals surface area contributed by atoms with E-state index in [-0.39, 0.29) is 17.6 Å². The van der Waals surface area contributed by atoms with Crippen molar-refractivity contribution in [1.29, 1.82) is 0 Å². The number of fused-ring (bicyclic) bond motifs is 2. The third-order valence-electron chi connectivity index (χ3n) is 6.57. The van der Waals surface area contributed by atoms with Crippen LogP contribution >= 0.6 is 11.6 Å². The van der Waals surface area contributed by atoms with Gasteiger partial charge in [-0.25, -0.2) is 9.50 Å². The van der Waals surface area contributed by atoms with Crippen LogP contribution in [-0.2, 0) is 12.5 Å². The van der Waals surface area contributed by atoms with Crippen molar-refractivity contribution in [2.24, 2.45) is 7.05 Å². The molecule has 2 atom stereocenters. The fraction of sp³-hybridized carbons (Fsp3) is 0.375. The fourth-order valence-electron chi connectivity index (χ4n) is 4.44. The van der Waals surface area contributed by atoms with Gasteiger partial charge in [0.1, 0.15) is 16.1 Å². The molecule has 0 bridgehead atoms. The number of rotatable bonds is 5. The zero-order chi connectivity index (χ0) is 25.2. The molecule has 5 aromatic rings. The molecular weight excluding hydrogens is 482 g/mol. The molecule has 0 aliphatic heterocycles. The van der Waals surface area contributed by atoms with E-state index in [9.17, 15) is 5.11 Å². The molecule has 1 aliphatic carbocycles. The van der Waals surface area contributed by atoms with Gasteiger partial charge in [-0.05, 0) is 12.8 Å². The first kappa shape index (κ1) is 22.7. The summed E-state index contributed by atoms with van der Waals surface area (Å²) in [6, 6.07) is 1.99. The molecule has 6 rings (SSSR count). The molecule has 1 saturated carbocycles. The van der Waals surface area contributed by atoms with Crippen LogP contribution in [0.3, 0.4) is 0 Å². The molecule has 5 aromatic heterocycles. The smallest absolute Gasteiger partial charge is 0.210 e. The van der Waals surface area contributed by atoms with Gasteiger partial charge in [0.05, 0.1) is 30.7 Å². The summed E-state index contributed by atoms with van der Waals surface area (Å²) in [4.78, 5) is 13.2. The Morgan fingerprint density at radius 3 is 2.72 bits per heavy atom. The van der Waals surface area contributed by atoms with Crippen LogP contribution in [0.5, 0.6) is 11.5 Å². The van der Waals surface area contributed by atoms with Gasteiger partial charge < -0.3 is 19.7 Å². The maximum Gasteiger partial charge on any atom is 0.210 e. The van der Waals surface area contributed by atoms with E-state index in [4.69, 9.17) is 21.4 Å². The molecule has 0 amide bonds. The molecule has 0 unspecified atom stereocenters. The number of ether oxygens (including phenoxy) is 1. The van der Waals surface area contributed by atoms with Crippen LogP contribution in [0.15, 0.2) is 37.1 Å². The van der Waals surface area contributed by atoms with Crippen LogP contribution in [0.1, 0.15) is 45.3 Å². The summed E-state index contributed by atoms with van der Waals surface area (Å²) in [5.74, 6) is 2.08. The minimum atomic E-state index is -0.375. The highest BCUT2D eigenvalue weighted by Crippen LogP contribution is 2.39. The van der Waals surface area contributed by atoms with Gasteiger partial charge in [-0.3, -0.25) is 9.67 Å². The standard InChI is InChI=1S/C24H26ClN9O2/c1-24(2,3)18-9-19(31-34(18)13-5-6-15(13)35)29-23-30-22-21(32(23)4)20(25)17(11-27-22)36-16-12-28-33-8-7-26-10-14(16)33/h7-13,15,35H,5-6H2,1-4H3,(H,27,29,30,31)/t13-,15+/m1/s1. The Hall–Kier alpha value is -3.70. The number of nitrogens with one attached hydrogen (secondary N) is 1. The van der Waals surface area contributed by atoms with Crippen molar-refractivity contribution in [3.8, 4) is 11.5 Å². The van der Waals surface area contributed by atoms with E-state index in [1.807, 2.05) is 22.4 Å². The van der Waals surface area contributed by atoms with Gasteiger partial charge >= 0.3 is 0 Å². The Bertz CT molecular complexity index is 1600. The lowest BCUT2D eigenvalue weighted by atomic mass is 9.86. The van der Waals surface area contributed by atoms with Gasteiger partial charge in [0, 0.05) is 36.6 Å². The number of aliphatic hydroxyl groups excluding tert-OH is 1. The number of imidazole rings is 1. The van der Waals surface area contributed by atoms with Crippen LogP contribution in [0, 0.1) is 0 Å². The van der Waals surface area contributed by atoms with Crippen LogP contribution in [0.25, 0.3) is 16.7 Å². The van der Waals surface area contributed by atoms with Gasteiger partial charge in [0.15, 0.2) is 23.0 Å². The Labute approximate surface area is 211 Å². The van der Waals surface area contributed by atoms with Crippen molar-refractivity contribution in [2.75, 3.05) is 5.32 Å². The fourth-order valence-corrected chi connectivity index (χ4v) is 4.74. The normalized spacial score (nSPS) is 18.1. The Balaban J connectivity index is 1.34. The minimum absolute atomic E-state index is 0.0128. The molecule has 2 N–H and O–H groups in total. The van der Waals surface area contributed by atoms with Crippen LogP contribution < -0.4 is 10.1 Å². The summed E-state index contributed by atoms with van der Waals surface area (Å²) < 4.78 is 11.5. The van der Waals surface area contributed by atoms with E-state index >= 15 is 0 Å². The van der Waals surface area contributed by atoms with Crippen LogP contribution in [0.4, 0.5) is 11.8 Å². The first-order valence-electron chi connectivity index (χ1n) is 11.7. The average Bonchev–Trinajstić information content (AvgIpc) is 3.51. The predicted octanol–water partition coefficient (Wildman–Crippen LogP) is 4.39. The van der Waals surface area contributed by atoms with Crippen molar-refractivity contribution >= 4 is 40.0 Å². The van der Waals surface area contributed by atoms with Crippen molar-refractivity contribution < 1.29 is 9.84 Å². The topological polar surface area (TPSA) is 120 Å². The van der Waals surface area contributed by atoms with E-state index in [2.05, 4.69) is 46.1 Å². The number of hydrogen-bond donors (Lipinski definition) is 2. The molecule has 5 heterocycles. The number of hydrogen-bond acceptors (Lipinski definition) is 8. The Kier molecular flexibility index (Phi) is 5.16. The summed E-state index contributed by atoms with van der Waals surface area (Å²) in [5, 5.41) is 23.0. The number of aliphatic hydroxyl groups is 1. The second kappa shape index (κ2) is 8.17. The maximum absolute atomic E-state index is 10.3. The number of pyridine rings is 1. The number of aromatic nitrogens is 8. The van der Waals surface area contributed by atoms with Crippen molar-refractivity contribution in [1.82, 2.24) is 38.9 Å². The summed E-state index contributed by atoms with van der Waals surface area (Å²) in [6.45, 7) is 6.40. The van der Waals surface area contributed by atoms with Gasteiger partial charge in [0.25, 0.3) is 0 Å². The minimum Gasteiger partial charge on any atom is -0.450 e. The first-order valence-corrected chi connectivity index (χ1v) is 12.1. The van der Waals surface area contributed by atoms with E-state index in [1.54, 1.807) is 35.5 Å². The average molecular weight is 508 g/mol. The maximum atomic E-state index is 10.3.